The summed E-state index contributed by atoms with van der Waals surface area (Å²) in [5.41, 5.74) is 0.976. The van der Waals surface area contributed by atoms with E-state index < -0.39 is 4.92 Å². The zero-order valence-corrected chi connectivity index (χ0v) is 16.2. The molecule has 8 nitrogen and oxygen atoms in total. The van der Waals surface area contributed by atoms with Crippen LogP contribution < -0.4 is 10.5 Å². The summed E-state index contributed by atoms with van der Waals surface area (Å²) in [4.78, 5) is 41.4. The van der Waals surface area contributed by atoms with E-state index in [1.807, 2.05) is 13.0 Å². The molecule has 1 aromatic heterocycles. The lowest BCUT2D eigenvalue weighted by Crippen LogP contribution is -2.29. The zero-order chi connectivity index (χ0) is 20.3. The molecule has 1 amide bonds. The van der Waals surface area contributed by atoms with Crippen LogP contribution in [0, 0.1) is 10.1 Å². The summed E-state index contributed by atoms with van der Waals surface area (Å²) in [6.45, 7) is 2.30. The van der Waals surface area contributed by atoms with Crippen molar-refractivity contribution in [1.82, 2.24) is 9.55 Å². The van der Waals surface area contributed by atoms with Crippen LogP contribution in [0.5, 0.6) is 0 Å². The van der Waals surface area contributed by atoms with Crippen molar-refractivity contribution in [3.8, 4) is 0 Å². The molecule has 0 aliphatic rings. The predicted octanol–water partition coefficient (Wildman–Crippen LogP) is 3.08. The molecule has 3 rings (SSSR count). The monoisotopic (exact) mass is 398 g/mol. The fourth-order valence-electron chi connectivity index (χ4n) is 2.70. The first kappa shape index (κ1) is 19.6. The number of non-ortho nitro benzene ring substituents is 1. The number of fused-ring (bicyclic) bond motifs is 1. The van der Waals surface area contributed by atoms with Gasteiger partial charge in [-0.25, -0.2) is 4.98 Å². The third-order valence-corrected chi connectivity index (χ3v) is 5.25. The highest BCUT2D eigenvalue weighted by atomic mass is 32.2. The maximum atomic E-state index is 12.6. The van der Waals surface area contributed by atoms with Crippen LogP contribution >= 0.6 is 11.8 Å². The van der Waals surface area contributed by atoms with E-state index >= 15 is 0 Å². The molecule has 144 valence electrons. The molecule has 0 saturated carbocycles. The van der Waals surface area contributed by atoms with Crippen LogP contribution in [0.2, 0.25) is 0 Å². The Morgan fingerprint density at radius 2 is 1.89 bits per heavy atom. The van der Waals surface area contributed by atoms with Gasteiger partial charge in [0.25, 0.3) is 11.2 Å². The fourth-order valence-corrected chi connectivity index (χ4v) is 3.68. The number of aromatic nitrogens is 2. The molecule has 0 atom stereocenters. The van der Waals surface area contributed by atoms with Gasteiger partial charge in [-0.2, -0.15) is 0 Å². The molecule has 28 heavy (non-hydrogen) atoms. The number of anilines is 1. The van der Waals surface area contributed by atoms with Gasteiger partial charge in [0.1, 0.15) is 0 Å². The number of rotatable bonds is 6. The van der Waals surface area contributed by atoms with Crippen molar-refractivity contribution in [2.75, 3.05) is 17.7 Å². The van der Waals surface area contributed by atoms with E-state index in [-0.39, 0.29) is 22.9 Å². The SMILES string of the molecule is CCn1c(SCC(=O)N(C)c2ccc([N+](=O)[O-])cc2)nc2ccccc2c1=O. The van der Waals surface area contributed by atoms with Crippen molar-refractivity contribution in [3.63, 3.8) is 0 Å². The van der Waals surface area contributed by atoms with E-state index in [2.05, 4.69) is 4.98 Å². The van der Waals surface area contributed by atoms with Crippen molar-refractivity contribution in [3.05, 3.63) is 69.0 Å². The number of hydrogen-bond donors (Lipinski definition) is 0. The van der Waals surface area contributed by atoms with E-state index in [4.69, 9.17) is 0 Å². The van der Waals surface area contributed by atoms with Gasteiger partial charge in [-0.3, -0.25) is 24.3 Å². The Kier molecular flexibility index (Phi) is 5.74. The third kappa shape index (κ3) is 3.89. The number of nitro groups is 1. The average Bonchev–Trinajstić information content (AvgIpc) is 2.71. The van der Waals surface area contributed by atoms with Crippen LogP contribution in [0.25, 0.3) is 10.9 Å². The number of para-hydroxylation sites is 1. The second kappa shape index (κ2) is 8.22. The number of hydrogen-bond acceptors (Lipinski definition) is 6. The molecule has 0 spiro atoms. The Labute approximate surface area is 165 Å². The van der Waals surface area contributed by atoms with Gasteiger partial charge in [0, 0.05) is 31.4 Å². The molecule has 3 aromatic rings. The first-order valence-corrected chi connectivity index (χ1v) is 9.54. The van der Waals surface area contributed by atoms with E-state index in [0.717, 1.165) is 0 Å². The Bertz CT molecular complexity index is 1100. The molecule has 0 saturated heterocycles. The smallest absolute Gasteiger partial charge is 0.269 e. The van der Waals surface area contributed by atoms with Crippen LogP contribution in [0.3, 0.4) is 0 Å². The molecule has 0 fully saturated rings. The normalized spacial score (nSPS) is 10.8. The van der Waals surface area contributed by atoms with E-state index in [9.17, 15) is 19.7 Å². The minimum Gasteiger partial charge on any atom is -0.315 e. The van der Waals surface area contributed by atoms with Gasteiger partial charge in [-0.15, -0.1) is 0 Å². The largest absolute Gasteiger partial charge is 0.315 e. The highest BCUT2D eigenvalue weighted by molar-refractivity contribution is 7.99. The second-order valence-corrected chi connectivity index (χ2v) is 6.92. The maximum Gasteiger partial charge on any atom is 0.269 e. The molecule has 0 N–H and O–H groups in total. The molecular formula is C19H18N4O4S. The van der Waals surface area contributed by atoms with Gasteiger partial charge in [-0.1, -0.05) is 23.9 Å². The highest BCUT2D eigenvalue weighted by Gasteiger charge is 2.16. The molecule has 9 heteroatoms. The van der Waals surface area contributed by atoms with Crippen molar-refractivity contribution in [2.24, 2.45) is 0 Å². The summed E-state index contributed by atoms with van der Waals surface area (Å²) < 4.78 is 1.55. The van der Waals surface area contributed by atoms with Crippen LogP contribution in [0.1, 0.15) is 6.92 Å². The number of amides is 1. The van der Waals surface area contributed by atoms with E-state index in [1.54, 1.807) is 29.8 Å². The van der Waals surface area contributed by atoms with Gasteiger partial charge in [0.2, 0.25) is 5.91 Å². The van der Waals surface area contributed by atoms with E-state index in [0.29, 0.717) is 28.3 Å². The predicted molar refractivity (Wildman–Crippen MR) is 109 cm³/mol. The van der Waals surface area contributed by atoms with Crippen LogP contribution in [0.15, 0.2) is 58.5 Å². The lowest BCUT2D eigenvalue weighted by atomic mass is 10.2. The Hall–Kier alpha value is -3.20. The lowest BCUT2D eigenvalue weighted by Gasteiger charge is -2.17. The molecule has 0 aliphatic carbocycles. The molecule has 0 radical (unpaired) electrons. The van der Waals surface area contributed by atoms with Gasteiger partial charge in [-0.05, 0) is 31.2 Å². The van der Waals surface area contributed by atoms with Gasteiger partial charge in [0.05, 0.1) is 21.6 Å². The summed E-state index contributed by atoms with van der Waals surface area (Å²) >= 11 is 1.19. The molecular weight excluding hydrogens is 380 g/mol. The van der Waals surface area contributed by atoms with Gasteiger partial charge >= 0.3 is 0 Å². The Balaban J connectivity index is 1.78. The number of nitrogens with zero attached hydrogens (tertiary/aromatic N) is 4. The van der Waals surface area contributed by atoms with Gasteiger partial charge in [0.15, 0.2) is 5.16 Å². The molecule has 0 unspecified atom stereocenters. The first-order valence-electron chi connectivity index (χ1n) is 8.55. The van der Waals surface area contributed by atoms with Crippen molar-refractivity contribution >= 4 is 39.9 Å². The molecule has 1 heterocycles. The Morgan fingerprint density at radius 1 is 1.21 bits per heavy atom. The van der Waals surface area contributed by atoms with Crippen molar-refractivity contribution in [2.45, 2.75) is 18.6 Å². The highest BCUT2D eigenvalue weighted by Crippen LogP contribution is 2.21. The van der Waals surface area contributed by atoms with Crippen molar-refractivity contribution in [1.29, 1.82) is 0 Å². The van der Waals surface area contributed by atoms with Crippen molar-refractivity contribution < 1.29 is 9.72 Å². The van der Waals surface area contributed by atoms with Crippen LogP contribution in [-0.2, 0) is 11.3 Å². The van der Waals surface area contributed by atoms with Crippen LogP contribution in [0.4, 0.5) is 11.4 Å². The lowest BCUT2D eigenvalue weighted by molar-refractivity contribution is -0.384. The molecule has 0 bridgehead atoms. The Morgan fingerprint density at radius 3 is 2.54 bits per heavy atom. The number of benzene rings is 2. The molecule has 2 aromatic carbocycles. The maximum absolute atomic E-state index is 12.6. The molecule has 0 aliphatic heterocycles. The average molecular weight is 398 g/mol. The fraction of sp³-hybridized carbons (Fsp3) is 0.211. The summed E-state index contributed by atoms with van der Waals surface area (Å²) in [5, 5.41) is 11.8. The summed E-state index contributed by atoms with van der Waals surface area (Å²) in [6, 6.07) is 12.9. The topological polar surface area (TPSA) is 98.3 Å². The minimum absolute atomic E-state index is 0.0358. The summed E-state index contributed by atoms with van der Waals surface area (Å²) in [6.07, 6.45) is 0. The summed E-state index contributed by atoms with van der Waals surface area (Å²) in [7, 11) is 1.60. The quantitative estimate of drug-likeness (QED) is 0.274. The third-order valence-electron chi connectivity index (χ3n) is 4.29. The van der Waals surface area contributed by atoms with Crippen LogP contribution in [-0.4, -0.2) is 33.2 Å². The number of nitro benzene ring substituents is 1. The number of carbonyl (C=O) groups excluding carboxylic acids is 1. The standard InChI is InChI=1S/C19H18N4O4S/c1-3-22-18(25)15-6-4-5-7-16(15)20-19(22)28-12-17(24)21(2)13-8-10-14(11-9-13)23(26)27/h4-11H,3,12H2,1-2H3. The summed E-state index contributed by atoms with van der Waals surface area (Å²) in [5.74, 6) is -0.123. The zero-order valence-electron chi connectivity index (χ0n) is 15.4. The second-order valence-electron chi connectivity index (χ2n) is 5.98. The van der Waals surface area contributed by atoms with Gasteiger partial charge < -0.3 is 4.90 Å². The van der Waals surface area contributed by atoms with E-state index in [1.165, 1.54) is 40.9 Å². The number of thioether (sulfide) groups is 1. The first-order chi connectivity index (χ1) is 13.4. The number of carbonyl (C=O) groups is 1. The minimum atomic E-state index is -0.489.